The minimum Gasteiger partial charge on any atom is -0.458 e. The molecule has 0 amide bonds. The van der Waals surface area contributed by atoms with Gasteiger partial charge in [0.15, 0.2) is 12.4 Å². The van der Waals surface area contributed by atoms with Gasteiger partial charge in [0.05, 0.1) is 0 Å². The van der Waals surface area contributed by atoms with Crippen molar-refractivity contribution in [2.24, 2.45) is 10.8 Å². The van der Waals surface area contributed by atoms with Crippen LogP contribution < -0.4 is 0 Å². The predicted molar refractivity (Wildman–Crippen MR) is 71.1 cm³/mol. The molecule has 0 saturated carbocycles. The van der Waals surface area contributed by atoms with Crippen molar-refractivity contribution >= 4 is 11.8 Å². The number of allylic oxidation sites excluding steroid dienone is 2. The highest BCUT2D eigenvalue weighted by molar-refractivity contribution is 5.89. The fourth-order valence-electron chi connectivity index (χ4n) is 2.21. The largest absolute Gasteiger partial charge is 0.458 e. The van der Waals surface area contributed by atoms with Crippen LogP contribution in [-0.4, -0.2) is 18.4 Å². The van der Waals surface area contributed by atoms with Gasteiger partial charge in [-0.3, -0.25) is 9.59 Å². The van der Waals surface area contributed by atoms with Crippen LogP contribution in [-0.2, 0) is 14.3 Å². The molecule has 0 aromatic heterocycles. The molecule has 0 radical (unpaired) electrons. The molecule has 0 fully saturated rings. The molecule has 0 unspecified atom stereocenters. The lowest BCUT2D eigenvalue weighted by atomic mass is 9.66. The Morgan fingerprint density at radius 1 is 1.28 bits per heavy atom. The second-order valence-electron chi connectivity index (χ2n) is 5.85. The smallest absolute Gasteiger partial charge is 0.306 e. The third-order valence-corrected chi connectivity index (χ3v) is 4.20. The van der Waals surface area contributed by atoms with Crippen LogP contribution in [0.3, 0.4) is 0 Å². The molecular weight excluding hydrogens is 228 g/mol. The number of unbranched alkanes of at least 4 members (excludes halogenated alkanes) is 1. The third-order valence-electron chi connectivity index (χ3n) is 4.20. The molecule has 1 rings (SSSR count). The molecule has 0 bridgehead atoms. The highest BCUT2D eigenvalue weighted by atomic mass is 16.5. The summed E-state index contributed by atoms with van der Waals surface area (Å²) in [5, 5.41) is 0. The van der Waals surface area contributed by atoms with E-state index in [4.69, 9.17) is 4.74 Å². The van der Waals surface area contributed by atoms with Crippen LogP contribution in [0, 0.1) is 10.8 Å². The van der Waals surface area contributed by atoms with Crippen molar-refractivity contribution in [3.8, 4) is 0 Å². The zero-order chi connectivity index (χ0) is 13.8. The summed E-state index contributed by atoms with van der Waals surface area (Å²) >= 11 is 0. The molecule has 0 aromatic rings. The number of ether oxygens (including phenoxy) is 1. The first-order valence-electron chi connectivity index (χ1n) is 6.70. The van der Waals surface area contributed by atoms with Gasteiger partial charge in [-0.1, -0.05) is 46.3 Å². The fourth-order valence-corrected chi connectivity index (χ4v) is 2.21. The fraction of sp³-hybridized carbons (Fsp3) is 0.733. The molecule has 0 spiro atoms. The van der Waals surface area contributed by atoms with Crippen LogP contribution in [0.5, 0.6) is 0 Å². The van der Waals surface area contributed by atoms with Gasteiger partial charge in [-0.25, -0.2) is 0 Å². The van der Waals surface area contributed by atoms with E-state index in [1.807, 2.05) is 33.8 Å². The first-order valence-corrected chi connectivity index (χ1v) is 6.70. The van der Waals surface area contributed by atoms with E-state index in [-0.39, 0.29) is 23.8 Å². The summed E-state index contributed by atoms with van der Waals surface area (Å²) in [4.78, 5) is 23.6. The third kappa shape index (κ3) is 3.01. The predicted octanol–water partition coefficient (Wildman–Crippen LogP) is 3.28. The number of Topliss-reactive ketones (excluding diaryl/α,β-unsaturated/α-hetero) is 1. The number of hydrogen-bond donors (Lipinski definition) is 0. The molecule has 3 heteroatoms. The van der Waals surface area contributed by atoms with Crippen molar-refractivity contribution in [3.63, 3.8) is 0 Å². The van der Waals surface area contributed by atoms with E-state index in [1.165, 1.54) is 0 Å². The van der Waals surface area contributed by atoms with Crippen LogP contribution in [0.2, 0.25) is 0 Å². The lowest BCUT2D eigenvalue weighted by Crippen LogP contribution is -2.40. The van der Waals surface area contributed by atoms with Gasteiger partial charge in [0.2, 0.25) is 0 Å². The van der Waals surface area contributed by atoms with Gasteiger partial charge in [-0.15, -0.1) is 0 Å². The number of carbonyl (C=O) groups is 2. The van der Waals surface area contributed by atoms with E-state index in [2.05, 4.69) is 6.08 Å². The maximum absolute atomic E-state index is 12.2. The molecule has 0 saturated heterocycles. The Morgan fingerprint density at radius 3 is 2.44 bits per heavy atom. The molecule has 1 aliphatic rings. The van der Waals surface area contributed by atoms with Crippen LogP contribution in [0.25, 0.3) is 0 Å². The second-order valence-corrected chi connectivity index (χ2v) is 5.85. The molecule has 0 aliphatic heterocycles. The Labute approximate surface area is 110 Å². The minimum absolute atomic E-state index is 0.0161. The zero-order valence-electron chi connectivity index (χ0n) is 11.9. The summed E-state index contributed by atoms with van der Waals surface area (Å²) in [6, 6.07) is 0. The van der Waals surface area contributed by atoms with Crippen LogP contribution in [0.4, 0.5) is 0 Å². The molecule has 18 heavy (non-hydrogen) atoms. The number of hydrogen-bond acceptors (Lipinski definition) is 3. The summed E-state index contributed by atoms with van der Waals surface area (Å²) in [5.74, 6) is -0.250. The number of ketones is 1. The highest BCUT2D eigenvalue weighted by Gasteiger charge is 2.47. The average molecular weight is 252 g/mol. The van der Waals surface area contributed by atoms with Crippen LogP contribution in [0.1, 0.15) is 53.4 Å². The Bertz CT molecular complexity index is 355. The van der Waals surface area contributed by atoms with Crippen molar-refractivity contribution in [1.82, 2.24) is 0 Å². The van der Waals surface area contributed by atoms with Crippen molar-refractivity contribution in [3.05, 3.63) is 12.2 Å². The first-order chi connectivity index (χ1) is 8.33. The van der Waals surface area contributed by atoms with E-state index < -0.39 is 5.41 Å². The van der Waals surface area contributed by atoms with Crippen LogP contribution in [0.15, 0.2) is 12.2 Å². The van der Waals surface area contributed by atoms with Gasteiger partial charge in [-0.05, 0) is 18.3 Å². The van der Waals surface area contributed by atoms with Crippen molar-refractivity contribution in [2.45, 2.75) is 53.4 Å². The summed E-state index contributed by atoms with van der Waals surface area (Å²) in [6.45, 7) is 7.98. The topological polar surface area (TPSA) is 43.4 Å². The molecule has 0 N–H and O–H groups in total. The van der Waals surface area contributed by atoms with E-state index in [1.54, 1.807) is 0 Å². The zero-order valence-corrected chi connectivity index (χ0v) is 11.9. The van der Waals surface area contributed by atoms with Crippen molar-refractivity contribution in [2.75, 3.05) is 6.61 Å². The first kappa shape index (κ1) is 14.9. The summed E-state index contributed by atoms with van der Waals surface area (Å²) < 4.78 is 5.06. The van der Waals surface area contributed by atoms with Gasteiger partial charge in [0.1, 0.15) is 0 Å². The SMILES string of the molecule is CCCCC(=O)OCC(=O)[C@]1(C)CC=CC1(C)C. The lowest BCUT2D eigenvalue weighted by molar-refractivity contribution is -0.152. The minimum atomic E-state index is -0.446. The summed E-state index contributed by atoms with van der Waals surface area (Å²) in [7, 11) is 0. The monoisotopic (exact) mass is 252 g/mol. The Kier molecular flexibility index (Phi) is 4.71. The summed E-state index contributed by atoms with van der Waals surface area (Å²) in [5.41, 5.74) is -0.613. The highest BCUT2D eigenvalue weighted by Crippen LogP contribution is 2.48. The van der Waals surface area contributed by atoms with E-state index in [0.717, 1.165) is 19.3 Å². The van der Waals surface area contributed by atoms with Gasteiger partial charge in [0.25, 0.3) is 0 Å². The maximum atomic E-state index is 12.2. The standard InChI is InChI=1S/C15H24O3/c1-5-6-8-13(17)18-11-12(16)15(4)10-7-9-14(15,2)3/h7,9H,5-6,8,10-11H2,1-4H3/t15-/m0/s1. The molecule has 1 atom stereocenters. The normalized spacial score (nSPS) is 25.1. The quantitative estimate of drug-likeness (QED) is 0.538. The Morgan fingerprint density at radius 2 is 1.94 bits per heavy atom. The van der Waals surface area contributed by atoms with Gasteiger partial charge >= 0.3 is 5.97 Å². The molecule has 0 heterocycles. The number of rotatable bonds is 6. The molecule has 0 aromatic carbocycles. The van der Waals surface area contributed by atoms with Gasteiger partial charge in [0, 0.05) is 11.8 Å². The lowest BCUT2D eigenvalue weighted by Gasteiger charge is -2.36. The van der Waals surface area contributed by atoms with E-state index in [0.29, 0.717) is 6.42 Å². The number of esters is 1. The van der Waals surface area contributed by atoms with Crippen LogP contribution >= 0.6 is 0 Å². The Balaban J connectivity index is 2.49. The van der Waals surface area contributed by atoms with Crippen molar-refractivity contribution < 1.29 is 14.3 Å². The van der Waals surface area contributed by atoms with E-state index in [9.17, 15) is 9.59 Å². The summed E-state index contributed by atoms with van der Waals surface area (Å²) in [6.07, 6.45) is 7.02. The Hall–Kier alpha value is -1.12. The average Bonchev–Trinajstić information content (AvgIpc) is 2.59. The van der Waals surface area contributed by atoms with Gasteiger partial charge < -0.3 is 4.74 Å². The second kappa shape index (κ2) is 5.68. The van der Waals surface area contributed by atoms with Crippen molar-refractivity contribution in [1.29, 1.82) is 0 Å². The van der Waals surface area contributed by atoms with Gasteiger partial charge in [-0.2, -0.15) is 0 Å². The molecule has 102 valence electrons. The molecule has 1 aliphatic carbocycles. The van der Waals surface area contributed by atoms with E-state index >= 15 is 0 Å². The molecule has 3 nitrogen and oxygen atoms in total. The number of carbonyl (C=O) groups excluding carboxylic acids is 2. The maximum Gasteiger partial charge on any atom is 0.306 e. The molecular formula is C15H24O3.